The molecule has 2 heterocycles. The molecule has 1 aliphatic heterocycles. The van der Waals surface area contributed by atoms with Crippen LogP contribution in [0.15, 0.2) is 51.7 Å². The second kappa shape index (κ2) is 10.2. The number of nitrogens with zero attached hydrogens (tertiary/aromatic N) is 3. The summed E-state index contributed by atoms with van der Waals surface area (Å²) in [5, 5.41) is 11.1. The number of carbonyl (C=O) groups is 1. The van der Waals surface area contributed by atoms with E-state index in [-0.39, 0.29) is 11.4 Å². The molecule has 0 aliphatic carbocycles. The van der Waals surface area contributed by atoms with Gasteiger partial charge < -0.3 is 9.47 Å². The van der Waals surface area contributed by atoms with Crippen molar-refractivity contribution in [1.29, 1.82) is 0 Å². The molecule has 0 spiro atoms. The van der Waals surface area contributed by atoms with Gasteiger partial charge in [0.2, 0.25) is 5.13 Å². The van der Waals surface area contributed by atoms with Crippen LogP contribution in [0, 0.1) is 6.92 Å². The first-order chi connectivity index (χ1) is 16.3. The number of nitrogens with one attached hydrogen (secondary N) is 1. The Morgan fingerprint density at radius 1 is 1.26 bits per heavy atom. The second-order valence-corrected chi connectivity index (χ2v) is 11.7. The maximum Gasteiger partial charge on any atom is 0.269 e. The molecule has 0 saturated heterocycles. The van der Waals surface area contributed by atoms with Crippen LogP contribution in [-0.4, -0.2) is 50.0 Å². The standard InChI is InChI=1S/C22H24N4O5S3/c1-4-11-32-22-25-24-21(33-22)23-20(27)19-13-26(17-10-5-14(2)12-18(17)31-19)34(28,29)16-8-6-15(30-3)7-9-16/h5-10,12,19H,4,11,13H2,1-3H3,(H,23,24,27)/t19-/m1/s1. The number of methoxy groups -OCH3 is 1. The molecule has 0 bridgehead atoms. The molecule has 34 heavy (non-hydrogen) atoms. The van der Waals surface area contributed by atoms with E-state index in [1.54, 1.807) is 42.1 Å². The highest BCUT2D eigenvalue weighted by Crippen LogP contribution is 2.38. The van der Waals surface area contributed by atoms with Gasteiger partial charge in [-0.1, -0.05) is 36.1 Å². The fraction of sp³-hybridized carbons (Fsp3) is 0.318. The first kappa shape index (κ1) is 24.3. The van der Waals surface area contributed by atoms with Gasteiger partial charge in [-0.25, -0.2) is 8.42 Å². The molecule has 1 atom stereocenters. The number of benzene rings is 2. The average molecular weight is 521 g/mol. The molecule has 0 fully saturated rings. The Balaban J connectivity index is 1.61. The van der Waals surface area contributed by atoms with Gasteiger partial charge >= 0.3 is 0 Å². The maximum atomic E-state index is 13.5. The maximum absolute atomic E-state index is 13.5. The Morgan fingerprint density at radius 2 is 2.03 bits per heavy atom. The number of hydrogen-bond acceptors (Lipinski definition) is 9. The number of hydrogen-bond donors (Lipinski definition) is 1. The van der Waals surface area contributed by atoms with E-state index in [0.717, 1.165) is 22.1 Å². The number of sulfonamides is 1. The number of aromatic nitrogens is 2. The lowest BCUT2D eigenvalue weighted by Crippen LogP contribution is -2.48. The summed E-state index contributed by atoms with van der Waals surface area (Å²) in [5.74, 6) is 1.27. The quantitative estimate of drug-likeness (QED) is 0.351. The Bertz CT molecular complexity index is 1280. The van der Waals surface area contributed by atoms with Crippen LogP contribution in [0.2, 0.25) is 0 Å². The lowest BCUT2D eigenvalue weighted by Gasteiger charge is -2.34. The number of anilines is 2. The van der Waals surface area contributed by atoms with E-state index in [0.29, 0.717) is 22.3 Å². The predicted octanol–water partition coefficient (Wildman–Crippen LogP) is 3.95. The highest BCUT2D eigenvalue weighted by Gasteiger charge is 2.38. The third-order valence-corrected chi connectivity index (χ3v) is 8.96. The number of amides is 1. The van der Waals surface area contributed by atoms with E-state index in [1.165, 1.54) is 34.9 Å². The fourth-order valence-corrected chi connectivity index (χ4v) is 6.45. The van der Waals surface area contributed by atoms with Crippen molar-refractivity contribution in [2.24, 2.45) is 0 Å². The third-order valence-electron chi connectivity index (χ3n) is 4.99. The second-order valence-electron chi connectivity index (χ2n) is 7.50. The van der Waals surface area contributed by atoms with Crippen molar-refractivity contribution < 1.29 is 22.7 Å². The molecule has 9 nitrogen and oxygen atoms in total. The zero-order chi connectivity index (χ0) is 24.3. The molecule has 4 rings (SSSR count). The van der Waals surface area contributed by atoms with Crippen molar-refractivity contribution in [3.63, 3.8) is 0 Å². The highest BCUT2D eigenvalue weighted by atomic mass is 32.2. The molecule has 1 amide bonds. The molecule has 1 aromatic heterocycles. The Morgan fingerprint density at radius 3 is 2.74 bits per heavy atom. The molecule has 1 N–H and O–H groups in total. The van der Waals surface area contributed by atoms with Crippen LogP contribution in [0.3, 0.4) is 0 Å². The topological polar surface area (TPSA) is 111 Å². The summed E-state index contributed by atoms with van der Waals surface area (Å²) in [6, 6.07) is 11.3. The van der Waals surface area contributed by atoms with Crippen molar-refractivity contribution in [2.45, 2.75) is 35.6 Å². The van der Waals surface area contributed by atoms with E-state index >= 15 is 0 Å². The van der Waals surface area contributed by atoms with Crippen LogP contribution in [0.25, 0.3) is 0 Å². The molecule has 1 aliphatic rings. The predicted molar refractivity (Wildman–Crippen MR) is 133 cm³/mol. The number of rotatable bonds is 8. The summed E-state index contributed by atoms with van der Waals surface area (Å²) in [7, 11) is -2.46. The normalized spacial score (nSPS) is 15.4. The lowest BCUT2D eigenvalue weighted by molar-refractivity contribution is -0.122. The summed E-state index contributed by atoms with van der Waals surface area (Å²) in [4.78, 5) is 13.1. The van der Waals surface area contributed by atoms with Crippen LogP contribution in [0.5, 0.6) is 11.5 Å². The molecule has 180 valence electrons. The smallest absolute Gasteiger partial charge is 0.269 e. The molecule has 0 radical (unpaired) electrons. The summed E-state index contributed by atoms with van der Waals surface area (Å²) < 4.78 is 40.1. The summed E-state index contributed by atoms with van der Waals surface area (Å²) in [5.41, 5.74) is 1.25. The Kier molecular flexibility index (Phi) is 7.29. The fourth-order valence-electron chi connectivity index (χ4n) is 3.29. The van der Waals surface area contributed by atoms with Gasteiger partial charge in [0.05, 0.1) is 24.2 Å². The number of ether oxygens (including phenoxy) is 2. The minimum atomic E-state index is -3.97. The number of aryl methyl sites for hydroxylation is 1. The van der Waals surface area contributed by atoms with Gasteiger partial charge in [0.15, 0.2) is 10.4 Å². The Hall–Kier alpha value is -2.83. The molecule has 0 saturated carbocycles. The van der Waals surface area contributed by atoms with E-state index in [2.05, 4.69) is 22.4 Å². The van der Waals surface area contributed by atoms with E-state index in [4.69, 9.17) is 9.47 Å². The van der Waals surface area contributed by atoms with Crippen LogP contribution in [0.4, 0.5) is 10.8 Å². The zero-order valence-corrected chi connectivity index (χ0v) is 21.3. The minimum absolute atomic E-state index is 0.0857. The zero-order valence-electron chi connectivity index (χ0n) is 18.8. The van der Waals surface area contributed by atoms with Crippen molar-refractivity contribution >= 4 is 49.8 Å². The van der Waals surface area contributed by atoms with E-state index in [1.807, 2.05) is 6.92 Å². The first-order valence-corrected chi connectivity index (χ1v) is 13.8. The van der Waals surface area contributed by atoms with Gasteiger partial charge in [0, 0.05) is 5.75 Å². The number of carbonyl (C=O) groups excluding carboxylic acids is 1. The molecule has 2 aromatic carbocycles. The molecule has 3 aromatic rings. The SMILES string of the molecule is CCCSc1nnc(NC(=O)[C@H]2CN(S(=O)(=O)c3ccc(OC)cc3)c3ccc(C)cc3O2)s1. The number of fused-ring (bicyclic) bond motifs is 1. The van der Waals surface area contributed by atoms with Crippen LogP contribution < -0.4 is 19.1 Å². The average Bonchev–Trinajstić information content (AvgIpc) is 3.28. The Labute approximate surface area is 206 Å². The minimum Gasteiger partial charge on any atom is -0.497 e. The van der Waals surface area contributed by atoms with Crippen molar-refractivity contribution in [3.8, 4) is 11.5 Å². The molecular formula is C22H24N4O5S3. The van der Waals surface area contributed by atoms with Crippen LogP contribution >= 0.6 is 23.1 Å². The third kappa shape index (κ3) is 5.13. The van der Waals surface area contributed by atoms with Gasteiger partial charge in [0.25, 0.3) is 15.9 Å². The monoisotopic (exact) mass is 520 g/mol. The van der Waals surface area contributed by atoms with Gasteiger partial charge in [-0.3, -0.25) is 14.4 Å². The first-order valence-electron chi connectivity index (χ1n) is 10.5. The summed E-state index contributed by atoms with van der Waals surface area (Å²) in [6.45, 7) is 3.75. The molecule has 12 heteroatoms. The molecular weight excluding hydrogens is 496 g/mol. The van der Waals surface area contributed by atoms with Crippen LogP contribution in [-0.2, 0) is 14.8 Å². The van der Waals surface area contributed by atoms with Gasteiger partial charge in [0.1, 0.15) is 11.5 Å². The van der Waals surface area contributed by atoms with Gasteiger partial charge in [-0.15, -0.1) is 10.2 Å². The van der Waals surface area contributed by atoms with Gasteiger partial charge in [-0.05, 0) is 55.3 Å². The van der Waals surface area contributed by atoms with Crippen molar-refractivity contribution in [2.75, 3.05) is 29.0 Å². The summed E-state index contributed by atoms with van der Waals surface area (Å²) >= 11 is 2.84. The lowest BCUT2D eigenvalue weighted by atomic mass is 10.1. The van der Waals surface area contributed by atoms with Gasteiger partial charge in [-0.2, -0.15) is 0 Å². The highest BCUT2D eigenvalue weighted by molar-refractivity contribution is 8.01. The van der Waals surface area contributed by atoms with Crippen molar-refractivity contribution in [3.05, 3.63) is 48.0 Å². The largest absolute Gasteiger partial charge is 0.497 e. The van der Waals surface area contributed by atoms with Crippen molar-refractivity contribution in [1.82, 2.24) is 10.2 Å². The summed E-state index contributed by atoms with van der Waals surface area (Å²) in [6.07, 6.45) is -0.0721. The van der Waals surface area contributed by atoms with E-state index < -0.39 is 22.0 Å². The van der Waals surface area contributed by atoms with Crippen LogP contribution in [0.1, 0.15) is 18.9 Å². The van der Waals surface area contributed by atoms with E-state index in [9.17, 15) is 13.2 Å². The molecule has 0 unspecified atom stereocenters. The number of thioether (sulfide) groups is 1.